The van der Waals surface area contributed by atoms with E-state index in [1.807, 2.05) is 6.92 Å². The number of allylic oxidation sites excluding steroid dienone is 2. The molecule has 0 fully saturated rings. The van der Waals surface area contributed by atoms with Crippen molar-refractivity contribution in [1.29, 1.82) is 0 Å². The summed E-state index contributed by atoms with van der Waals surface area (Å²) in [5.74, 6) is -0.523. The summed E-state index contributed by atoms with van der Waals surface area (Å²) in [7, 11) is 0. The van der Waals surface area contributed by atoms with Crippen LogP contribution in [-0.4, -0.2) is 28.0 Å². The summed E-state index contributed by atoms with van der Waals surface area (Å²) >= 11 is 6.01. The van der Waals surface area contributed by atoms with Gasteiger partial charge in [-0.1, -0.05) is 23.7 Å². The highest BCUT2D eigenvalue weighted by atomic mass is 35.5. The molecule has 0 saturated heterocycles. The van der Waals surface area contributed by atoms with Crippen molar-refractivity contribution in [2.45, 2.75) is 19.8 Å². The molecule has 28 heavy (non-hydrogen) atoms. The zero-order chi connectivity index (χ0) is 20.1. The Kier molecular flexibility index (Phi) is 6.21. The molecule has 0 aliphatic rings. The Morgan fingerprint density at radius 3 is 2.82 bits per heavy atom. The fourth-order valence-corrected chi connectivity index (χ4v) is 3.00. The Hall–Kier alpha value is -2.99. The predicted octanol–water partition coefficient (Wildman–Crippen LogP) is 4.47. The Labute approximate surface area is 167 Å². The van der Waals surface area contributed by atoms with Gasteiger partial charge in [0.15, 0.2) is 0 Å². The van der Waals surface area contributed by atoms with Crippen LogP contribution in [0.25, 0.3) is 11.0 Å². The third-order valence-corrected chi connectivity index (χ3v) is 4.45. The molecule has 2 heterocycles. The van der Waals surface area contributed by atoms with Crippen LogP contribution in [0.1, 0.15) is 29.3 Å². The van der Waals surface area contributed by atoms with Gasteiger partial charge in [-0.25, -0.2) is 9.37 Å². The topological polar surface area (TPSA) is 84.1 Å². The lowest BCUT2D eigenvalue weighted by atomic mass is 10.0. The first-order chi connectivity index (χ1) is 13.5. The fourth-order valence-electron chi connectivity index (χ4n) is 2.84. The number of H-pyrrole nitrogens is 1. The average Bonchev–Trinajstić information content (AvgIpc) is 3.09. The van der Waals surface area contributed by atoms with Crippen molar-refractivity contribution in [2.24, 2.45) is 10.7 Å². The smallest absolute Gasteiger partial charge is 0.213 e. The first-order valence-electron chi connectivity index (χ1n) is 8.90. The summed E-state index contributed by atoms with van der Waals surface area (Å²) in [6.45, 7) is 2.30. The lowest BCUT2D eigenvalue weighted by Gasteiger charge is -2.05. The van der Waals surface area contributed by atoms with Gasteiger partial charge < -0.3 is 10.7 Å². The van der Waals surface area contributed by atoms with E-state index in [0.717, 1.165) is 5.56 Å². The molecule has 0 spiro atoms. The number of halogens is 2. The summed E-state index contributed by atoms with van der Waals surface area (Å²) in [5.41, 5.74) is 8.92. The summed E-state index contributed by atoms with van der Waals surface area (Å²) < 4.78 is 13.0. The van der Waals surface area contributed by atoms with Gasteiger partial charge in [0, 0.05) is 30.0 Å². The van der Waals surface area contributed by atoms with Gasteiger partial charge in [0.2, 0.25) is 5.78 Å². The van der Waals surface area contributed by atoms with Crippen molar-refractivity contribution in [3.05, 3.63) is 76.5 Å². The molecular formula is C21H20ClFN4O. The lowest BCUT2D eigenvalue weighted by Crippen LogP contribution is -2.15. The van der Waals surface area contributed by atoms with Gasteiger partial charge in [-0.15, -0.1) is 0 Å². The van der Waals surface area contributed by atoms with Gasteiger partial charge in [0.05, 0.1) is 10.6 Å². The van der Waals surface area contributed by atoms with Crippen molar-refractivity contribution in [3.8, 4) is 0 Å². The number of Topliss-reactive ketones (excluding diaryl/α,β-unsaturated/α-hetero) is 1. The van der Waals surface area contributed by atoms with Crippen molar-refractivity contribution >= 4 is 34.1 Å². The van der Waals surface area contributed by atoms with E-state index < -0.39 is 0 Å². The van der Waals surface area contributed by atoms with Gasteiger partial charge in [0.1, 0.15) is 17.2 Å². The molecule has 1 aromatic carbocycles. The zero-order valence-electron chi connectivity index (χ0n) is 15.4. The number of carbonyl (C=O) groups excluding carboxylic acids is 1. The molecule has 0 saturated carbocycles. The first-order valence-corrected chi connectivity index (χ1v) is 9.28. The van der Waals surface area contributed by atoms with Crippen LogP contribution in [0.5, 0.6) is 0 Å². The Morgan fingerprint density at radius 2 is 2.11 bits per heavy atom. The quantitative estimate of drug-likeness (QED) is 0.454. The number of nitrogens with one attached hydrogen (secondary N) is 1. The van der Waals surface area contributed by atoms with Gasteiger partial charge in [-0.3, -0.25) is 9.79 Å². The molecule has 5 nitrogen and oxygen atoms in total. The van der Waals surface area contributed by atoms with Gasteiger partial charge >= 0.3 is 0 Å². The second-order valence-corrected chi connectivity index (χ2v) is 6.72. The number of rotatable bonds is 7. The molecular weight excluding hydrogens is 379 g/mol. The molecule has 0 radical (unpaired) electrons. The predicted molar refractivity (Wildman–Crippen MR) is 110 cm³/mol. The highest BCUT2D eigenvalue weighted by molar-refractivity contribution is 6.51. The van der Waals surface area contributed by atoms with E-state index in [0.29, 0.717) is 46.7 Å². The monoisotopic (exact) mass is 398 g/mol. The first kappa shape index (κ1) is 19.8. The number of aryl methyl sites for hydroxylation is 1. The van der Waals surface area contributed by atoms with Crippen LogP contribution in [0.3, 0.4) is 0 Å². The van der Waals surface area contributed by atoms with E-state index >= 15 is 0 Å². The Balaban J connectivity index is 1.80. The van der Waals surface area contributed by atoms with E-state index in [9.17, 15) is 9.18 Å². The molecule has 0 bridgehead atoms. The number of nitrogens with two attached hydrogens (primary N) is 1. The molecule has 3 rings (SSSR count). The van der Waals surface area contributed by atoms with Crippen molar-refractivity contribution in [3.63, 3.8) is 0 Å². The van der Waals surface area contributed by atoms with Crippen LogP contribution in [-0.2, 0) is 6.42 Å². The van der Waals surface area contributed by atoms with E-state index in [1.54, 1.807) is 30.5 Å². The van der Waals surface area contributed by atoms with Crippen LogP contribution >= 0.6 is 11.6 Å². The number of hydrogen-bond acceptors (Lipinski definition) is 4. The maximum atomic E-state index is 13.0. The summed E-state index contributed by atoms with van der Waals surface area (Å²) in [6.07, 6.45) is 5.89. The molecule has 0 unspecified atom stereocenters. The number of benzene rings is 1. The number of nitrogens with zero attached hydrogens (tertiary/aromatic N) is 2. The maximum Gasteiger partial charge on any atom is 0.213 e. The minimum absolute atomic E-state index is 0.248. The number of aliphatic imine (C=N–C) groups is 1. The second kappa shape index (κ2) is 8.80. The number of carbonyl (C=O) groups is 1. The molecule has 0 amide bonds. The highest BCUT2D eigenvalue weighted by Crippen LogP contribution is 2.21. The summed E-state index contributed by atoms with van der Waals surface area (Å²) in [5, 5.41) is 1.09. The summed E-state index contributed by atoms with van der Waals surface area (Å²) in [6, 6.07) is 7.96. The zero-order valence-corrected chi connectivity index (χ0v) is 16.1. The van der Waals surface area contributed by atoms with E-state index in [-0.39, 0.29) is 17.3 Å². The van der Waals surface area contributed by atoms with Crippen LogP contribution < -0.4 is 5.73 Å². The molecule has 0 aliphatic heterocycles. The molecule has 7 heteroatoms. The normalized spacial score (nSPS) is 12.5. The van der Waals surface area contributed by atoms with Crippen LogP contribution in [0.15, 0.2) is 59.5 Å². The molecule has 2 aromatic heterocycles. The maximum absolute atomic E-state index is 13.0. The average molecular weight is 399 g/mol. The highest BCUT2D eigenvalue weighted by Gasteiger charge is 2.17. The van der Waals surface area contributed by atoms with Gasteiger partial charge in [-0.05, 0) is 49.6 Å². The largest absolute Gasteiger partial charge is 0.402 e. The molecule has 3 N–H and O–H groups in total. The SMILES string of the molecule is CCN=C(C=C(N)CCc1ccc(F)cc1)C(=O)c1c[nH]c2ncc(Cl)cc12. The third kappa shape index (κ3) is 4.64. The number of pyridine rings is 1. The van der Waals surface area contributed by atoms with Crippen LogP contribution in [0, 0.1) is 5.82 Å². The summed E-state index contributed by atoms with van der Waals surface area (Å²) in [4.78, 5) is 24.5. The van der Waals surface area contributed by atoms with Crippen LogP contribution in [0.4, 0.5) is 4.39 Å². The number of hydrogen-bond donors (Lipinski definition) is 2. The molecule has 0 aliphatic carbocycles. The number of fused-ring (bicyclic) bond motifs is 1. The van der Waals surface area contributed by atoms with Gasteiger partial charge in [-0.2, -0.15) is 0 Å². The molecule has 144 valence electrons. The number of aromatic amines is 1. The Morgan fingerprint density at radius 1 is 1.36 bits per heavy atom. The van der Waals surface area contributed by atoms with Crippen molar-refractivity contribution < 1.29 is 9.18 Å². The lowest BCUT2D eigenvalue weighted by molar-refractivity contribution is 0.106. The molecule has 0 atom stereocenters. The van der Waals surface area contributed by atoms with Crippen molar-refractivity contribution in [1.82, 2.24) is 9.97 Å². The van der Waals surface area contributed by atoms with E-state index in [2.05, 4.69) is 15.0 Å². The van der Waals surface area contributed by atoms with Crippen LogP contribution in [0.2, 0.25) is 5.02 Å². The van der Waals surface area contributed by atoms with E-state index in [1.165, 1.54) is 18.3 Å². The number of ketones is 1. The second-order valence-electron chi connectivity index (χ2n) is 6.29. The fraction of sp³-hybridized carbons (Fsp3) is 0.190. The number of aromatic nitrogens is 2. The van der Waals surface area contributed by atoms with Gasteiger partial charge in [0.25, 0.3) is 0 Å². The minimum atomic E-state index is -0.274. The molecule has 3 aromatic rings. The van der Waals surface area contributed by atoms with E-state index in [4.69, 9.17) is 17.3 Å². The minimum Gasteiger partial charge on any atom is -0.402 e. The Bertz CT molecular complexity index is 1050. The van der Waals surface area contributed by atoms with Crippen molar-refractivity contribution in [2.75, 3.05) is 6.54 Å². The third-order valence-electron chi connectivity index (χ3n) is 4.24. The standard InChI is InChI=1S/C21H20ClFN4O/c1-2-25-19(10-16(24)8-5-13-3-6-15(23)7-4-13)20(28)18-12-27-21-17(18)9-14(22)11-26-21/h3-4,6-7,9-12H,2,5,8,24H2,1H3,(H,26,27).